The van der Waals surface area contributed by atoms with Gasteiger partial charge in [0.2, 0.25) is 17.7 Å². The number of ether oxygens (including phenoxy) is 11. The van der Waals surface area contributed by atoms with Gasteiger partial charge in [0, 0.05) is 20.8 Å². The van der Waals surface area contributed by atoms with Gasteiger partial charge in [-0.25, -0.2) is 0 Å². The Hall–Kier alpha value is -2.67. The molecule has 75 heavy (non-hydrogen) atoms. The Bertz CT molecular complexity index is 1850. The van der Waals surface area contributed by atoms with Gasteiger partial charge in [0.05, 0.1) is 39.1 Å². The van der Waals surface area contributed by atoms with Gasteiger partial charge in [0.15, 0.2) is 37.7 Å². The minimum absolute atomic E-state index is 0.752. The molecule has 0 aromatic heterocycles. The fraction of sp³-hybridized carbons (Fsp3) is 0.929. The van der Waals surface area contributed by atoms with Crippen molar-refractivity contribution >= 4 is 17.7 Å². The molecule has 0 radical (unpaired) electrons. The average Bonchev–Trinajstić information content (AvgIpc) is 3.36. The fourth-order valence-electron chi connectivity index (χ4n) is 9.57. The van der Waals surface area contributed by atoms with Crippen LogP contribution in [-0.2, 0) is 66.5 Å². The topological polar surface area (TPSA) is 513 Å². The minimum Gasteiger partial charge on any atom is -0.394 e. The van der Waals surface area contributed by atoms with Crippen LogP contribution in [0.25, 0.3) is 0 Å². The van der Waals surface area contributed by atoms with E-state index in [2.05, 4.69) is 16.0 Å². The molecular weight excluding hydrogens is 1030 g/mol. The first-order valence-corrected chi connectivity index (χ1v) is 23.9. The van der Waals surface area contributed by atoms with Crippen LogP contribution in [0, 0.1) is 0 Å². The number of aliphatic hydroxyl groups excluding tert-OH is 16. The van der Waals surface area contributed by atoms with E-state index >= 15 is 0 Å². The zero-order valence-electron chi connectivity index (χ0n) is 40.7. The molecule has 0 aromatic rings. The standard InChI is InChI=1S/C42H71N3O30/c1-10-22(53)28(59)30(61)40(66-10)72-34-17(8-49)71-39(20(27(34)58)44-12(3)51)75-36-24(55)15(6-47)69-42(32(36)63)73-33-16(7-48)70-38(19(26(33)57)43-11(2)50)65-9-18-25(56)35(21(37(64)67-18)45-13(4)52)74-41-31(62)29(60)23(54)14(5-46)68-41/h10,14-42,46-49,53-64H,5-9H2,1-4H3,(H,43,50)(H,44,51)(H,45,52)/t10-,14+,15+,16+,17+,18+,19+,20+,21+,22+,23-,24-,25-,26+,27+,28+,29-,30-,31+,32+,33+,34+,35+,36-,37-,38+,39-,40-,41-,42-/m0/s1. The maximum absolute atomic E-state index is 12.6. The highest BCUT2D eigenvalue weighted by molar-refractivity contribution is 5.74. The minimum atomic E-state index is -2.17. The van der Waals surface area contributed by atoms with Crippen LogP contribution in [0.4, 0.5) is 0 Å². The van der Waals surface area contributed by atoms with Crippen molar-refractivity contribution in [1.29, 1.82) is 0 Å². The van der Waals surface area contributed by atoms with Crippen molar-refractivity contribution in [3.05, 3.63) is 0 Å². The predicted molar refractivity (Wildman–Crippen MR) is 233 cm³/mol. The Kier molecular flexibility index (Phi) is 21.8. The normalized spacial score (nSPS) is 48.6. The number of aliphatic hydroxyl groups is 16. The second-order valence-electron chi connectivity index (χ2n) is 19.0. The van der Waals surface area contributed by atoms with Gasteiger partial charge in [0.25, 0.3) is 0 Å². The SMILES string of the molecule is CC(=O)N[C@@H]1[C@@H](O[C@@H]2O[C@H](CO)[C@H](O)[C@H](O)[C@H]2O)[C@@H](O)[C@@H](CO[C@@H]2O[C@H](CO)[C@@H](O[C@@H]3O[C@H](CO)[C@H](O)[C@H](O[C@@H]4O[C@H](CO)[C@@H](O[C@@H]5O[C@@H](C)[C@@H](O)[C@@H](O)[C@@H]5O)[C@H](O)[C@H]4NC(C)=O)[C@H]3O)[C@H](O)[C@H]2NC(C)=O)O[C@@H]1O. The van der Waals surface area contributed by atoms with Crippen molar-refractivity contribution in [3.8, 4) is 0 Å². The van der Waals surface area contributed by atoms with Gasteiger partial charge < -0.3 is 150 Å². The second-order valence-corrected chi connectivity index (χ2v) is 19.0. The van der Waals surface area contributed by atoms with Crippen LogP contribution in [-0.4, -0.2) is 317 Å². The smallest absolute Gasteiger partial charge is 0.217 e. The van der Waals surface area contributed by atoms with Gasteiger partial charge >= 0.3 is 0 Å². The molecule has 6 saturated heterocycles. The third-order valence-electron chi connectivity index (χ3n) is 13.6. The Morgan fingerprint density at radius 1 is 0.373 bits per heavy atom. The monoisotopic (exact) mass is 1100 g/mol. The van der Waals surface area contributed by atoms with Crippen LogP contribution in [0.1, 0.15) is 27.7 Å². The van der Waals surface area contributed by atoms with E-state index in [4.69, 9.17) is 52.1 Å². The molecule has 0 unspecified atom stereocenters. The Labute approximate surface area is 426 Å². The zero-order chi connectivity index (χ0) is 55.5. The number of rotatable bonds is 18. The first-order valence-electron chi connectivity index (χ1n) is 23.9. The lowest BCUT2D eigenvalue weighted by atomic mass is 9.94. The molecule has 6 heterocycles. The number of amides is 3. The summed E-state index contributed by atoms with van der Waals surface area (Å²) in [7, 11) is 0. The van der Waals surface area contributed by atoms with Crippen LogP contribution >= 0.6 is 0 Å². The van der Waals surface area contributed by atoms with E-state index in [0.29, 0.717) is 0 Å². The first kappa shape index (κ1) is 61.5. The molecule has 30 atom stereocenters. The van der Waals surface area contributed by atoms with Crippen LogP contribution in [0.15, 0.2) is 0 Å². The van der Waals surface area contributed by atoms with E-state index in [9.17, 15) is 96.1 Å². The average molecular weight is 1100 g/mol. The third kappa shape index (κ3) is 13.7. The number of hydrogen-bond donors (Lipinski definition) is 19. The maximum atomic E-state index is 12.6. The summed E-state index contributed by atoms with van der Waals surface area (Å²) in [6, 6.07) is -4.94. The molecule has 0 saturated carbocycles. The summed E-state index contributed by atoms with van der Waals surface area (Å²) in [5.74, 6) is -2.35. The zero-order valence-corrected chi connectivity index (χ0v) is 40.7. The molecule has 0 spiro atoms. The Morgan fingerprint density at radius 3 is 1.27 bits per heavy atom. The lowest BCUT2D eigenvalue weighted by Crippen LogP contribution is -2.70. The van der Waals surface area contributed by atoms with Crippen LogP contribution in [0.5, 0.6) is 0 Å². The highest BCUT2D eigenvalue weighted by atomic mass is 16.8. The van der Waals surface area contributed by atoms with Crippen molar-refractivity contribution in [2.75, 3.05) is 33.0 Å². The van der Waals surface area contributed by atoms with Crippen molar-refractivity contribution < 1.29 is 148 Å². The van der Waals surface area contributed by atoms with Gasteiger partial charge in [0.1, 0.15) is 140 Å². The summed E-state index contributed by atoms with van der Waals surface area (Å²) in [6.45, 7) is -0.114. The van der Waals surface area contributed by atoms with E-state index in [0.717, 1.165) is 20.8 Å². The van der Waals surface area contributed by atoms with E-state index in [1.54, 1.807) is 0 Å². The largest absolute Gasteiger partial charge is 0.394 e. The summed E-state index contributed by atoms with van der Waals surface area (Å²) in [5, 5.41) is 179. The van der Waals surface area contributed by atoms with Gasteiger partial charge in [-0.2, -0.15) is 0 Å². The number of hydrogen-bond acceptors (Lipinski definition) is 30. The van der Waals surface area contributed by atoms with Crippen LogP contribution in [0.2, 0.25) is 0 Å². The molecular formula is C42H71N3O30. The first-order chi connectivity index (χ1) is 35.4. The summed E-state index contributed by atoms with van der Waals surface area (Å²) < 4.78 is 63.1. The lowest BCUT2D eigenvalue weighted by molar-refractivity contribution is -0.378. The molecule has 0 aliphatic carbocycles. The van der Waals surface area contributed by atoms with E-state index < -0.39 is 235 Å². The van der Waals surface area contributed by atoms with E-state index in [-0.39, 0.29) is 0 Å². The molecule has 6 rings (SSSR count). The summed E-state index contributed by atoms with van der Waals surface area (Å²) in [4.78, 5) is 37.1. The van der Waals surface area contributed by atoms with Crippen LogP contribution in [0.3, 0.4) is 0 Å². The molecule has 6 aliphatic heterocycles. The highest BCUT2D eigenvalue weighted by Crippen LogP contribution is 2.36. The highest BCUT2D eigenvalue weighted by Gasteiger charge is 2.57. The molecule has 3 amide bonds. The lowest BCUT2D eigenvalue weighted by Gasteiger charge is -2.50. The molecule has 33 heteroatoms. The summed E-state index contributed by atoms with van der Waals surface area (Å²) in [5.41, 5.74) is 0. The molecule has 6 fully saturated rings. The predicted octanol–water partition coefficient (Wildman–Crippen LogP) is -12.6. The Balaban J connectivity index is 1.18. The van der Waals surface area contributed by atoms with Gasteiger partial charge in [-0.15, -0.1) is 0 Å². The van der Waals surface area contributed by atoms with Crippen molar-refractivity contribution in [1.82, 2.24) is 16.0 Å². The Morgan fingerprint density at radius 2 is 0.760 bits per heavy atom. The number of nitrogens with one attached hydrogen (secondary N) is 3. The van der Waals surface area contributed by atoms with Crippen molar-refractivity contribution in [2.24, 2.45) is 0 Å². The molecule has 6 aliphatic rings. The van der Waals surface area contributed by atoms with Gasteiger partial charge in [-0.05, 0) is 6.92 Å². The number of carbonyl (C=O) groups excluding carboxylic acids is 3. The quantitative estimate of drug-likeness (QED) is 0.0606. The molecule has 19 N–H and O–H groups in total. The summed E-state index contributed by atoms with van der Waals surface area (Å²) in [6.07, 6.45) is -48.5. The molecule has 434 valence electrons. The van der Waals surface area contributed by atoms with E-state index in [1.807, 2.05) is 0 Å². The molecule has 0 bridgehead atoms. The molecule has 0 aromatic carbocycles. The van der Waals surface area contributed by atoms with Crippen molar-refractivity contribution in [3.63, 3.8) is 0 Å². The summed E-state index contributed by atoms with van der Waals surface area (Å²) >= 11 is 0. The maximum Gasteiger partial charge on any atom is 0.217 e. The van der Waals surface area contributed by atoms with Crippen LogP contribution < -0.4 is 16.0 Å². The third-order valence-corrected chi connectivity index (χ3v) is 13.6. The molecule has 33 nitrogen and oxygen atoms in total. The van der Waals surface area contributed by atoms with E-state index in [1.165, 1.54) is 6.92 Å². The van der Waals surface area contributed by atoms with Crippen molar-refractivity contribution in [2.45, 2.75) is 212 Å². The fourth-order valence-corrected chi connectivity index (χ4v) is 9.57. The number of carbonyl (C=O) groups is 3. The van der Waals surface area contributed by atoms with Gasteiger partial charge in [-0.1, -0.05) is 0 Å². The van der Waals surface area contributed by atoms with Gasteiger partial charge in [-0.3, -0.25) is 14.4 Å². The second kappa shape index (κ2) is 26.5.